The Hall–Kier alpha value is -3.79. The molecular weight excluding hydrogens is 444 g/mol. The largest absolute Gasteiger partial charge is 0.490 e. The molecule has 3 aromatic rings. The highest BCUT2D eigenvalue weighted by molar-refractivity contribution is 7.99. The Morgan fingerprint density at radius 2 is 1.82 bits per heavy atom. The summed E-state index contributed by atoms with van der Waals surface area (Å²) in [6.45, 7) is 3.76. The van der Waals surface area contributed by atoms with Gasteiger partial charge in [-0.2, -0.15) is 0 Å². The lowest BCUT2D eigenvalue weighted by molar-refractivity contribution is -0.385. The monoisotopic (exact) mass is 468 g/mol. The number of thioether (sulfide) groups is 1. The number of aryl methyl sites for hydroxylation is 1. The van der Waals surface area contributed by atoms with Crippen LogP contribution in [0, 0.1) is 24.0 Å². The Labute approximate surface area is 195 Å². The lowest BCUT2D eigenvalue weighted by atomic mass is 10.2. The van der Waals surface area contributed by atoms with Gasteiger partial charge < -0.3 is 9.30 Å². The summed E-state index contributed by atoms with van der Waals surface area (Å²) in [4.78, 5) is 35.4. The van der Waals surface area contributed by atoms with Crippen LogP contribution < -0.4 is 15.6 Å². The van der Waals surface area contributed by atoms with Crippen molar-refractivity contribution in [2.75, 3.05) is 12.9 Å². The van der Waals surface area contributed by atoms with E-state index >= 15 is 0 Å². The van der Waals surface area contributed by atoms with Gasteiger partial charge in [-0.3, -0.25) is 30.6 Å². The molecule has 0 spiro atoms. The van der Waals surface area contributed by atoms with Crippen LogP contribution in [0.15, 0.2) is 54.6 Å². The predicted octanol–water partition coefficient (Wildman–Crippen LogP) is 3.71. The third kappa shape index (κ3) is 5.72. The molecule has 2 amide bonds. The number of nitrogens with one attached hydrogen (secondary N) is 2. The summed E-state index contributed by atoms with van der Waals surface area (Å²) in [6.07, 6.45) is 0. The Morgan fingerprint density at radius 3 is 2.48 bits per heavy atom. The van der Waals surface area contributed by atoms with Crippen LogP contribution in [0.1, 0.15) is 27.3 Å². The zero-order valence-corrected chi connectivity index (χ0v) is 19.3. The van der Waals surface area contributed by atoms with E-state index < -0.39 is 10.8 Å². The van der Waals surface area contributed by atoms with Crippen molar-refractivity contribution in [1.82, 2.24) is 15.4 Å². The molecule has 1 heterocycles. The summed E-state index contributed by atoms with van der Waals surface area (Å²) in [5.41, 5.74) is 8.51. The van der Waals surface area contributed by atoms with Crippen LogP contribution >= 0.6 is 11.8 Å². The minimum atomic E-state index is -0.510. The molecule has 0 atom stereocenters. The van der Waals surface area contributed by atoms with Crippen molar-refractivity contribution >= 4 is 29.3 Å². The number of ether oxygens (including phenoxy) is 1. The number of methoxy groups -OCH3 is 1. The topological polar surface area (TPSA) is 116 Å². The van der Waals surface area contributed by atoms with Gasteiger partial charge >= 0.3 is 5.69 Å². The number of rotatable bonds is 8. The van der Waals surface area contributed by atoms with Gasteiger partial charge in [-0.15, -0.1) is 11.8 Å². The van der Waals surface area contributed by atoms with Gasteiger partial charge in [0.25, 0.3) is 5.91 Å². The number of hydrogen-bond donors (Lipinski definition) is 2. The molecule has 0 saturated carbocycles. The SMILES string of the molecule is COc1ccc(CSCC(=O)NNC(=O)c2cc(C)n(-c3ccccc3)c2C)cc1[N+](=O)[O-]. The first kappa shape index (κ1) is 23.9. The van der Waals surface area contributed by atoms with Gasteiger partial charge in [-0.05, 0) is 43.7 Å². The van der Waals surface area contributed by atoms with E-state index in [-0.39, 0.29) is 23.1 Å². The van der Waals surface area contributed by atoms with E-state index in [9.17, 15) is 19.7 Å². The number of hydrogen-bond acceptors (Lipinski definition) is 6. The second-order valence-electron chi connectivity index (χ2n) is 7.21. The minimum absolute atomic E-state index is 0.0726. The summed E-state index contributed by atoms with van der Waals surface area (Å²) < 4.78 is 6.96. The second kappa shape index (κ2) is 10.7. The maximum absolute atomic E-state index is 12.6. The summed E-state index contributed by atoms with van der Waals surface area (Å²) in [6, 6.07) is 16.1. The first-order valence-electron chi connectivity index (χ1n) is 10.0. The van der Waals surface area contributed by atoms with Crippen LogP contribution in [0.5, 0.6) is 5.75 Å². The molecule has 0 aliphatic heterocycles. The minimum Gasteiger partial charge on any atom is -0.490 e. The van der Waals surface area contributed by atoms with Gasteiger partial charge in [0, 0.05) is 28.9 Å². The number of benzene rings is 2. The van der Waals surface area contributed by atoms with Crippen molar-refractivity contribution in [2.24, 2.45) is 0 Å². The molecule has 0 bridgehead atoms. The van der Waals surface area contributed by atoms with E-state index in [1.807, 2.05) is 48.7 Å². The molecule has 0 radical (unpaired) electrons. The average molecular weight is 469 g/mol. The third-order valence-corrected chi connectivity index (χ3v) is 5.95. The predicted molar refractivity (Wildman–Crippen MR) is 127 cm³/mol. The Balaban J connectivity index is 1.53. The highest BCUT2D eigenvalue weighted by Crippen LogP contribution is 2.29. The Bertz CT molecular complexity index is 1180. The molecule has 2 aromatic carbocycles. The van der Waals surface area contributed by atoms with Crippen molar-refractivity contribution < 1.29 is 19.2 Å². The fourth-order valence-corrected chi connectivity index (χ4v) is 4.20. The molecule has 3 rings (SSSR count). The highest BCUT2D eigenvalue weighted by atomic mass is 32.2. The molecule has 0 aliphatic carbocycles. The second-order valence-corrected chi connectivity index (χ2v) is 8.20. The molecule has 172 valence electrons. The number of nitro groups is 1. The molecule has 2 N–H and O–H groups in total. The quantitative estimate of drug-likeness (QED) is 0.385. The van der Waals surface area contributed by atoms with E-state index in [2.05, 4.69) is 10.9 Å². The van der Waals surface area contributed by atoms with Crippen LogP contribution in [0.2, 0.25) is 0 Å². The van der Waals surface area contributed by atoms with E-state index in [1.54, 1.807) is 12.1 Å². The van der Waals surface area contributed by atoms with E-state index in [0.717, 1.165) is 17.1 Å². The van der Waals surface area contributed by atoms with Crippen LogP contribution in [-0.4, -0.2) is 34.2 Å². The Kier molecular flexibility index (Phi) is 7.73. The van der Waals surface area contributed by atoms with Crippen LogP contribution in [0.4, 0.5) is 5.69 Å². The van der Waals surface area contributed by atoms with Crippen molar-refractivity contribution in [3.8, 4) is 11.4 Å². The molecule has 0 fully saturated rings. The summed E-state index contributed by atoms with van der Waals surface area (Å²) >= 11 is 1.27. The number of para-hydroxylation sites is 1. The number of nitrogens with zero attached hydrogens (tertiary/aromatic N) is 2. The lowest BCUT2D eigenvalue weighted by Crippen LogP contribution is -2.42. The number of amides is 2. The molecule has 0 aliphatic rings. The zero-order chi connectivity index (χ0) is 24.0. The van der Waals surface area contributed by atoms with Gasteiger partial charge in [-0.25, -0.2) is 0 Å². The third-order valence-electron chi connectivity index (χ3n) is 4.95. The van der Waals surface area contributed by atoms with Crippen molar-refractivity contribution in [1.29, 1.82) is 0 Å². The van der Waals surface area contributed by atoms with E-state index in [1.165, 1.54) is 31.0 Å². The number of nitro benzene ring substituents is 1. The summed E-state index contributed by atoms with van der Waals surface area (Å²) in [5.74, 6) is -0.142. The summed E-state index contributed by atoms with van der Waals surface area (Å²) in [7, 11) is 1.37. The molecule has 10 heteroatoms. The first-order chi connectivity index (χ1) is 15.8. The standard InChI is InChI=1S/C23H24N4O5S/c1-15-11-19(16(2)26(15)18-7-5-4-6-8-18)23(29)25-24-22(28)14-33-13-17-9-10-21(32-3)20(12-17)27(30)31/h4-12H,13-14H2,1-3H3,(H,24,28)(H,25,29). The van der Waals surface area contributed by atoms with Crippen LogP contribution in [-0.2, 0) is 10.5 Å². The van der Waals surface area contributed by atoms with Crippen molar-refractivity contribution in [3.05, 3.63) is 87.2 Å². The van der Waals surface area contributed by atoms with Crippen LogP contribution in [0.3, 0.4) is 0 Å². The van der Waals surface area contributed by atoms with Gasteiger partial charge in [0.2, 0.25) is 5.91 Å². The van der Waals surface area contributed by atoms with Gasteiger partial charge in [0.1, 0.15) is 0 Å². The smallest absolute Gasteiger partial charge is 0.311 e. The molecule has 1 aromatic heterocycles. The molecule has 33 heavy (non-hydrogen) atoms. The van der Waals surface area contributed by atoms with Gasteiger partial charge in [-0.1, -0.05) is 24.3 Å². The summed E-state index contributed by atoms with van der Waals surface area (Å²) in [5, 5.41) is 11.1. The molecular formula is C23H24N4O5S. The van der Waals surface area contributed by atoms with Crippen molar-refractivity contribution in [2.45, 2.75) is 19.6 Å². The molecule has 9 nitrogen and oxygen atoms in total. The van der Waals surface area contributed by atoms with Gasteiger partial charge in [0.05, 0.1) is 23.3 Å². The van der Waals surface area contributed by atoms with E-state index in [0.29, 0.717) is 16.9 Å². The zero-order valence-electron chi connectivity index (χ0n) is 18.5. The number of aromatic nitrogens is 1. The normalized spacial score (nSPS) is 10.5. The molecule has 0 unspecified atom stereocenters. The van der Waals surface area contributed by atoms with Gasteiger partial charge in [0.15, 0.2) is 5.75 Å². The van der Waals surface area contributed by atoms with Crippen molar-refractivity contribution in [3.63, 3.8) is 0 Å². The lowest BCUT2D eigenvalue weighted by Gasteiger charge is -2.10. The van der Waals surface area contributed by atoms with E-state index in [4.69, 9.17) is 4.74 Å². The first-order valence-corrected chi connectivity index (χ1v) is 11.2. The van der Waals surface area contributed by atoms with Crippen LogP contribution in [0.25, 0.3) is 5.69 Å². The highest BCUT2D eigenvalue weighted by Gasteiger charge is 2.18. The maximum Gasteiger partial charge on any atom is 0.311 e. The fourth-order valence-electron chi connectivity index (χ4n) is 3.43. The number of hydrazine groups is 1. The molecule has 0 saturated heterocycles. The fraction of sp³-hybridized carbons (Fsp3) is 0.217. The Morgan fingerprint density at radius 1 is 1.09 bits per heavy atom. The maximum atomic E-state index is 12.6. The number of carbonyl (C=O) groups is 2. The average Bonchev–Trinajstić information content (AvgIpc) is 3.11. The number of carbonyl (C=O) groups excluding carboxylic acids is 2.